The first-order chi connectivity index (χ1) is 11.6. The van der Waals surface area contributed by atoms with Crippen molar-refractivity contribution < 1.29 is 14.0 Å². The van der Waals surface area contributed by atoms with Gasteiger partial charge in [-0.3, -0.25) is 9.59 Å². The molecule has 0 unspecified atom stereocenters. The van der Waals surface area contributed by atoms with E-state index in [-0.39, 0.29) is 12.5 Å². The molecule has 128 valence electrons. The van der Waals surface area contributed by atoms with Gasteiger partial charge in [0.05, 0.1) is 6.54 Å². The van der Waals surface area contributed by atoms with Crippen molar-refractivity contribution in [2.75, 3.05) is 32.1 Å². The summed E-state index contributed by atoms with van der Waals surface area (Å²) in [5.74, 6) is 0.599. The molecule has 24 heavy (non-hydrogen) atoms. The van der Waals surface area contributed by atoms with E-state index in [9.17, 15) is 14.0 Å². The number of rotatable bonds is 8. The molecule has 1 aromatic rings. The molecule has 6 nitrogen and oxygen atoms in total. The molecule has 0 saturated carbocycles. The second-order valence-corrected chi connectivity index (χ2v) is 5.47. The molecule has 2 N–H and O–H groups in total. The van der Waals surface area contributed by atoms with Crippen LogP contribution in [0.15, 0.2) is 35.7 Å². The highest BCUT2D eigenvalue weighted by atomic mass is 19.1. The Morgan fingerprint density at radius 3 is 2.96 bits per heavy atom. The van der Waals surface area contributed by atoms with Crippen molar-refractivity contribution >= 4 is 18.0 Å². The highest BCUT2D eigenvalue weighted by Gasteiger charge is 2.29. The summed E-state index contributed by atoms with van der Waals surface area (Å²) < 4.78 is 12.3. The number of pyridine rings is 1. The van der Waals surface area contributed by atoms with Crippen molar-refractivity contribution in [2.24, 2.45) is 0 Å². The van der Waals surface area contributed by atoms with E-state index in [1.165, 1.54) is 0 Å². The van der Waals surface area contributed by atoms with Crippen molar-refractivity contribution in [3.8, 4) is 0 Å². The molecule has 0 spiro atoms. The predicted molar refractivity (Wildman–Crippen MR) is 90.4 cm³/mol. The molecule has 0 radical (unpaired) electrons. The molecule has 1 aliphatic rings. The Labute approximate surface area is 140 Å². The number of aromatic nitrogens is 1. The number of alkyl halides is 1. The lowest BCUT2D eigenvalue weighted by Crippen LogP contribution is -2.26. The van der Waals surface area contributed by atoms with E-state index in [1.807, 2.05) is 0 Å². The van der Waals surface area contributed by atoms with E-state index in [2.05, 4.69) is 15.6 Å². The Morgan fingerprint density at radius 2 is 2.29 bits per heavy atom. The van der Waals surface area contributed by atoms with Crippen LogP contribution in [0.2, 0.25) is 0 Å². The average Bonchev–Trinajstić information content (AvgIpc) is 2.91. The minimum Gasteiger partial charge on any atom is -0.388 e. The Morgan fingerprint density at radius 1 is 1.50 bits per heavy atom. The average molecular weight is 332 g/mol. The van der Waals surface area contributed by atoms with Crippen LogP contribution in [-0.2, 0) is 11.3 Å². The van der Waals surface area contributed by atoms with Gasteiger partial charge in [-0.15, -0.1) is 0 Å². The van der Waals surface area contributed by atoms with Crippen LogP contribution in [0, 0.1) is 0 Å². The Balaban J connectivity index is 2.20. The lowest BCUT2D eigenvalue weighted by molar-refractivity contribution is -0.104. The van der Waals surface area contributed by atoms with E-state index in [1.54, 1.807) is 43.4 Å². The molecule has 7 heteroatoms. The normalized spacial score (nSPS) is 14.6. The van der Waals surface area contributed by atoms with Gasteiger partial charge in [0.25, 0.3) is 5.91 Å². The molecule has 2 rings (SSSR count). The van der Waals surface area contributed by atoms with Gasteiger partial charge in [0.15, 0.2) is 0 Å². The van der Waals surface area contributed by atoms with Crippen molar-refractivity contribution in [1.29, 1.82) is 0 Å². The summed E-state index contributed by atoms with van der Waals surface area (Å²) in [5.41, 5.74) is 2.75. The van der Waals surface area contributed by atoms with Crippen molar-refractivity contribution in [3.05, 3.63) is 46.8 Å². The van der Waals surface area contributed by atoms with E-state index in [0.29, 0.717) is 30.0 Å². The van der Waals surface area contributed by atoms with Crippen molar-refractivity contribution in [3.63, 3.8) is 0 Å². The number of hydrogen-bond donors (Lipinski definition) is 2. The molecule has 1 aromatic heterocycles. The molecule has 1 aliphatic heterocycles. The highest BCUT2D eigenvalue weighted by molar-refractivity contribution is 5.99. The maximum absolute atomic E-state index is 12.6. The van der Waals surface area contributed by atoms with Crippen LogP contribution >= 0.6 is 0 Å². The smallest absolute Gasteiger partial charge is 0.255 e. The number of nitrogens with zero attached hydrogens (tertiary/aromatic N) is 2. The lowest BCUT2D eigenvalue weighted by Gasteiger charge is -2.17. The minimum atomic E-state index is -0.495. The zero-order valence-corrected chi connectivity index (χ0v) is 13.8. The summed E-state index contributed by atoms with van der Waals surface area (Å²) in [6.07, 6.45) is 5.67. The predicted octanol–water partition coefficient (Wildman–Crippen LogP) is 1.67. The van der Waals surface area contributed by atoms with Crippen LogP contribution in [0.25, 0.3) is 0 Å². The maximum Gasteiger partial charge on any atom is 0.255 e. The van der Waals surface area contributed by atoms with E-state index >= 15 is 0 Å². The second-order valence-electron chi connectivity index (χ2n) is 5.47. The summed E-state index contributed by atoms with van der Waals surface area (Å²) >= 11 is 0. The first kappa shape index (κ1) is 17.7. The molecule has 0 aliphatic carbocycles. The number of hydrogen-bond acceptors (Lipinski definition) is 5. The third-order valence-electron chi connectivity index (χ3n) is 3.66. The largest absolute Gasteiger partial charge is 0.388 e. The lowest BCUT2D eigenvalue weighted by atomic mass is 10.1. The van der Waals surface area contributed by atoms with Gasteiger partial charge < -0.3 is 15.5 Å². The molecule has 0 aromatic carbocycles. The number of nitrogens with one attached hydrogen (secondary N) is 2. The topological polar surface area (TPSA) is 74.3 Å². The van der Waals surface area contributed by atoms with Crippen molar-refractivity contribution in [2.45, 2.75) is 13.5 Å². The van der Waals surface area contributed by atoms with Crippen LogP contribution in [0.3, 0.4) is 0 Å². The van der Waals surface area contributed by atoms with E-state index in [4.69, 9.17) is 0 Å². The van der Waals surface area contributed by atoms with E-state index in [0.717, 1.165) is 17.4 Å². The first-order valence-electron chi connectivity index (χ1n) is 7.67. The SMILES string of the molecule is CNc1nccc2c1CN(CC(C=C(C)C=O)=CNCCF)C2=O. The number of anilines is 1. The highest BCUT2D eigenvalue weighted by Crippen LogP contribution is 2.28. The van der Waals surface area contributed by atoms with Gasteiger partial charge in [-0.1, -0.05) is 0 Å². The summed E-state index contributed by atoms with van der Waals surface area (Å²) in [6.45, 7) is 2.12. The molecular weight excluding hydrogens is 311 g/mol. The molecule has 2 heterocycles. The molecule has 0 saturated heterocycles. The fraction of sp³-hybridized carbons (Fsp3) is 0.353. The third-order valence-corrected chi connectivity index (χ3v) is 3.66. The fourth-order valence-electron chi connectivity index (χ4n) is 2.57. The number of allylic oxidation sites excluding steroid dienone is 1. The quantitative estimate of drug-likeness (QED) is 0.328. The van der Waals surface area contributed by atoms with Gasteiger partial charge in [-0.2, -0.15) is 0 Å². The van der Waals surface area contributed by atoms with Gasteiger partial charge in [-0.05, 0) is 30.2 Å². The monoisotopic (exact) mass is 332 g/mol. The maximum atomic E-state index is 12.6. The Kier molecular flexibility index (Phi) is 6.06. The van der Waals surface area contributed by atoms with Gasteiger partial charge >= 0.3 is 0 Å². The Hall–Kier alpha value is -2.70. The molecular formula is C17H21FN4O2. The number of amides is 1. The van der Waals surface area contributed by atoms with E-state index < -0.39 is 6.67 Å². The third kappa shape index (κ3) is 3.98. The standard InChI is InChI=1S/C17H21FN4O2/c1-12(11-23)7-13(8-20-6-4-18)9-22-10-15-14(17(22)24)3-5-21-16(15)19-2/h3,5,7-8,11,20H,4,6,9-10H2,1-2H3,(H,19,21). The number of carbonyl (C=O) groups excluding carboxylic acids is 2. The summed E-state index contributed by atoms with van der Waals surface area (Å²) in [5, 5.41) is 5.83. The first-order valence-corrected chi connectivity index (χ1v) is 7.67. The Bertz CT molecular complexity index is 685. The molecule has 0 atom stereocenters. The van der Waals surface area contributed by atoms with Crippen LogP contribution in [0.5, 0.6) is 0 Å². The fourth-order valence-corrected chi connectivity index (χ4v) is 2.57. The van der Waals surface area contributed by atoms with Gasteiger partial charge in [0.2, 0.25) is 0 Å². The van der Waals surface area contributed by atoms with Crippen LogP contribution in [-0.4, -0.2) is 48.9 Å². The number of carbonyl (C=O) groups is 2. The number of aldehydes is 1. The summed E-state index contributed by atoms with van der Waals surface area (Å²) in [4.78, 5) is 29.3. The number of fused-ring (bicyclic) bond motifs is 1. The molecule has 0 fully saturated rings. The summed E-state index contributed by atoms with van der Waals surface area (Å²) in [7, 11) is 1.76. The number of halogens is 1. The van der Waals surface area contributed by atoms with Crippen LogP contribution in [0.1, 0.15) is 22.8 Å². The minimum absolute atomic E-state index is 0.0857. The second kappa shape index (κ2) is 8.24. The van der Waals surface area contributed by atoms with Gasteiger partial charge in [0.1, 0.15) is 18.8 Å². The zero-order valence-electron chi connectivity index (χ0n) is 13.8. The molecule has 0 bridgehead atoms. The van der Waals surface area contributed by atoms with Crippen LogP contribution in [0.4, 0.5) is 10.2 Å². The van der Waals surface area contributed by atoms with Gasteiger partial charge in [0, 0.05) is 43.7 Å². The zero-order chi connectivity index (χ0) is 17.5. The molecule has 1 amide bonds. The van der Waals surface area contributed by atoms with Crippen molar-refractivity contribution in [1.82, 2.24) is 15.2 Å². The van der Waals surface area contributed by atoms with Gasteiger partial charge in [-0.25, -0.2) is 9.37 Å². The van der Waals surface area contributed by atoms with Crippen LogP contribution < -0.4 is 10.6 Å². The summed E-state index contributed by atoms with van der Waals surface area (Å²) in [6, 6.07) is 1.70.